The molecule has 7 heteroatoms. The molecule has 1 aliphatic rings. The number of nitrogens with one attached hydrogen (secondary N) is 1. The normalized spacial score (nSPS) is 15.8. The molecule has 1 fully saturated rings. The third-order valence-electron chi connectivity index (χ3n) is 5.28. The van der Waals surface area contributed by atoms with Crippen molar-refractivity contribution in [3.8, 4) is 0 Å². The second-order valence-electron chi connectivity index (χ2n) is 7.86. The maximum absolute atomic E-state index is 14.2. The molecule has 0 radical (unpaired) electrons. The number of ether oxygens (including phenoxy) is 1. The Bertz CT molecular complexity index is 959. The third kappa shape index (κ3) is 6.13. The number of rotatable bonds is 8. The van der Waals surface area contributed by atoms with Gasteiger partial charge < -0.3 is 15.0 Å². The lowest BCUT2D eigenvalue weighted by molar-refractivity contribution is -0.148. The van der Waals surface area contributed by atoms with Crippen LogP contribution in [0.3, 0.4) is 0 Å². The second kappa shape index (κ2) is 10.2. The average Bonchev–Trinajstić information content (AvgIpc) is 3.12. The Labute approximate surface area is 181 Å². The number of aryl methyl sites for hydroxylation is 3. The molecular weight excluding hydrogens is 399 g/mol. The zero-order valence-electron chi connectivity index (χ0n) is 17.8. The Hall–Kier alpha value is -3.22. The Morgan fingerprint density at radius 1 is 1.13 bits per heavy atom. The van der Waals surface area contributed by atoms with Gasteiger partial charge in [0, 0.05) is 19.4 Å². The van der Waals surface area contributed by atoms with Crippen molar-refractivity contribution in [1.82, 2.24) is 5.32 Å². The molecule has 2 amide bonds. The summed E-state index contributed by atoms with van der Waals surface area (Å²) in [4.78, 5) is 37.8. The number of amides is 2. The minimum atomic E-state index is -0.648. The minimum Gasteiger partial charge on any atom is -0.464 e. The van der Waals surface area contributed by atoms with Gasteiger partial charge in [-0.3, -0.25) is 14.4 Å². The van der Waals surface area contributed by atoms with Gasteiger partial charge in [-0.15, -0.1) is 0 Å². The average molecular weight is 426 g/mol. The van der Waals surface area contributed by atoms with Crippen LogP contribution in [-0.2, 0) is 25.5 Å². The number of halogens is 1. The molecule has 1 heterocycles. The standard InChI is InChI=1S/C24H27FN2O4/c1-16-3-6-18(7-4-16)8-10-22(28)26-11-12-31-24(30)19-14-23(29)27(15-19)21-9-5-17(2)13-20(21)25/h3-7,9,13,19H,8,10-12,14-15H2,1-2H3,(H,26,28). The lowest BCUT2D eigenvalue weighted by Crippen LogP contribution is -2.30. The van der Waals surface area contributed by atoms with Crippen molar-refractivity contribution in [2.24, 2.45) is 5.92 Å². The van der Waals surface area contributed by atoms with Gasteiger partial charge in [-0.25, -0.2) is 4.39 Å². The highest BCUT2D eigenvalue weighted by atomic mass is 19.1. The molecule has 0 spiro atoms. The number of nitrogens with zero attached hydrogens (tertiary/aromatic N) is 1. The number of hydrogen-bond donors (Lipinski definition) is 1. The highest BCUT2D eigenvalue weighted by Crippen LogP contribution is 2.28. The first kappa shape index (κ1) is 22.5. The monoisotopic (exact) mass is 426 g/mol. The zero-order valence-corrected chi connectivity index (χ0v) is 17.8. The predicted molar refractivity (Wildman–Crippen MR) is 115 cm³/mol. The zero-order chi connectivity index (χ0) is 22.4. The van der Waals surface area contributed by atoms with Gasteiger partial charge in [0.1, 0.15) is 12.4 Å². The van der Waals surface area contributed by atoms with Gasteiger partial charge in [0.25, 0.3) is 0 Å². The van der Waals surface area contributed by atoms with E-state index in [-0.39, 0.29) is 43.6 Å². The number of carbonyl (C=O) groups is 3. The van der Waals surface area contributed by atoms with Crippen molar-refractivity contribution >= 4 is 23.5 Å². The fourth-order valence-electron chi connectivity index (χ4n) is 3.49. The first-order valence-electron chi connectivity index (χ1n) is 10.4. The van der Waals surface area contributed by atoms with Crippen molar-refractivity contribution < 1.29 is 23.5 Å². The van der Waals surface area contributed by atoms with Crippen molar-refractivity contribution in [1.29, 1.82) is 0 Å². The van der Waals surface area contributed by atoms with Crippen LogP contribution in [0.4, 0.5) is 10.1 Å². The van der Waals surface area contributed by atoms with Gasteiger partial charge in [0.2, 0.25) is 11.8 Å². The summed E-state index contributed by atoms with van der Waals surface area (Å²) in [6.07, 6.45) is 0.974. The molecule has 31 heavy (non-hydrogen) atoms. The van der Waals surface area contributed by atoms with Crippen LogP contribution in [0.2, 0.25) is 0 Å². The molecule has 1 saturated heterocycles. The van der Waals surface area contributed by atoms with Gasteiger partial charge in [0.15, 0.2) is 0 Å². The molecule has 2 aromatic rings. The molecule has 164 valence electrons. The summed E-state index contributed by atoms with van der Waals surface area (Å²) in [6.45, 7) is 4.09. The molecule has 0 bridgehead atoms. The van der Waals surface area contributed by atoms with Crippen molar-refractivity contribution in [2.75, 3.05) is 24.6 Å². The molecule has 6 nitrogen and oxygen atoms in total. The van der Waals surface area contributed by atoms with E-state index in [1.807, 2.05) is 31.2 Å². The van der Waals surface area contributed by atoms with Crippen molar-refractivity contribution in [2.45, 2.75) is 33.1 Å². The Morgan fingerprint density at radius 3 is 2.55 bits per heavy atom. The lowest BCUT2D eigenvalue weighted by atomic mass is 10.1. The highest BCUT2D eigenvalue weighted by molar-refractivity contribution is 5.99. The molecule has 3 rings (SSSR count). The molecule has 2 aromatic carbocycles. The Morgan fingerprint density at radius 2 is 1.84 bits per heavy atom. The van der Waals surface area contributed by atoms with Crippen LogP contribution in [-0.4, -0.2) is 37.5 Å². The first-order valence-corrected chi connectivity index (χ1v) is 10.4. The number of benzene rings is 2. The van der Waals surface area contributed by atoms with E-state index in [2.05, 4.69) is 5.32 Å². The number of carbonyl (C=O) groups excluding carboxylic acids is 3. The summed E-state index contributed by atoms with van der Waals surface area (Å²) >= 11 is 0. The molecule has 0 saturated carbocycles. The Balaban J connectivity index is 1.38. The fourth-order valence-corrected chi connectivity index (χ4v) is 3.49. The maximum Gasteiger partial charge on any atom is 0.311 e. The maximum atomic E-state index is 14.2. The summed E-state index contributed by atoms with van der Waals surface area (Å²) in [5, 5.41) is 2.72. The largest absolute Gasteiger partial charge is 0.464 e. The van der Waals surface area contributed by atoms with E-state index in [0.717, 1.165) is 11.1 Å². The van der Waals surface area contributed by atoms with Crippen molar-refractivity contribution in [3.63, 3.8) is 0 Å². The van der Waals surface area contributed by atoms with Gasteiger partial charge in [-0.05, 0) is 43.5 Å². The van der Waals surface area contributed by atoms with Crippen LogP contribution < -0.4 is 10.2 Å². The van der Waals surface area contributed by atoms with E-state index in [4.69, 9.17) is 4.74 Å². The Kier molecular flexibility index (Phi) is 7.39. The molecule has 1 aliphatic heterocycles. The predicted octanol–water partition coefficient (Wildman–Crippen LogP) is 3.09. The third-order valence-corrected chi connectivity index (χ3v) is 5.28. The van der Waals surface area contributed by atoms with Crippen LogP contribution in [0.5, 0.6) is 0 Å². The molecular formula is C24H27FN2O4. The van der Waals surface area contributed by atoms with Crippen LogP contribution in [0.25, 0.3) is 0 Å². The van der Waals surface area contributed by atoms with Crippen LogP contribution in [0, 0.1) is 25.6 Å². The van der Waals surface area contributed by atoms with Crippen LogP contribution in [0.1, 0.15) is 29.5 Å². The number of hydrogen-bond acceptors (Lipinski definition) is 4. The smallest absolute Gasteiger partial charge is 0.311 e. The van der Waals surface area contributed by atoms with E-state index < -0.39 is 17.7 Å². The summed E-state index contributed by atoms with van der Waals surface area (Å²) in [5.41, 5.74) is 3.19. The molecule has 1 unspecified atom stereocenters. The topological polar surface area (TPSA) is 75.7 Å². The van der Waals surface area contributed by atoms with E-state index in [1.165, 1.54) is 16.5 Å². The fraction of sp³-hybridized carbons (Fsp3) is 0.375. The van der Waals surface area contributed by atoms with Gasteiger partial charge in [-0.1, -0.05) is 35.9 Å². The van der Waals surface area contributed by atoms with E-state index in [0.29, 0.717) is 12.8 Å². The van der Waals surface area contributed by atoms with Gasteiger partial charge >= 0.3 is 5.97 Å². The minimum absolute atomic E-state index is 0.0188. The van der Waals surface area contributed by atoms with E-state index in [1.54, 1.807) is 19.1 Å². The number of esters is 1. The van der Waals surface area contributed by atoms with Gasteiger partial charge in [-0.2, -0.15) is 0 Å². The summed E-state index contributed by atoms with van der Waals surface area (Å²) in [5.74, 6) is -2.08. The van der Waals surface area contributed by atoms with Crippen LogP contribution >= 0.6 is 0 Å². The summed E-state index contributed by atoms with van der Waals surface area (Å²) < 4.78 is 19.4. The quantitative estimate of drug-likeness (QED) is 0.520. The summed E-state index contributed by atoms with van der Waals surface area (Å²) in [7, 11) is 0. The molecule has 1 N–H and O–H groups in total. The first-order chi connectivity index (χ1) is 14.8. The second-order valence-corrected chi connectivity index (χ2v) is 7.86. The molecule has 0 aliphatic carbocycles. The van der Waals surface area contributed by atoms with E-state index in [9.17, 15) is 18.8 Å². The summed E-state index contributed by atoms with van der Waals surface area (Å²) in [6, 6.07) is 12.6. The van der Waals surface area contributed by atoms with Crippen molar-refractivity contribution in [3.05, 3.63) is 65.0 Å². The van der Waals surface area contributed by atoms with Crippen LogP contribution in [0.15, 0.2) is 42.5 Å². The SMILES string of the molecule is Cc1ccc(CCC(=O)NCCOC(=O)C2CC(=O)N(c3ccc(C)cc3F)C2)cc1. The lowest BCUT2D eigenvalue weighted by Gasteiger charge is -2.17. The van der Waals surface area contributed by atoms with Gasteiger partial charge in [0.05, 0.1) is 18.2 Å². The number of anilines is 1. The molecule has 0 aromatic heterocycles. The van der Waals surface area contributed by atoms with E-state index >= 15 is 0 Å². The highest BCUT2D eigenvalue weighted by Gasteiger charge is 2.37. The molecule has 1 atom stereocenters.